The van der Waals surface area contributed by atoms with Gasteiger partial charge in [0.15, 0.2) is 23.3 Å². The summed E-state index contributed by atoms with van der Waals surface area (Å²) in [5.74, 6) is 0.773. The van der Waals surface area contributed by atoms with E-state index in [0.717, 1.165) is 0 Å². The molecule has 0 saturated carbocycles. The van der Waals surface area contributed by atoms with Crippen LogP contribution in [0.5, 0.6) is 5.88 Å². The van der Waals surface area contributed by atoms with E-state index in [1.165, 1.54) is 7.11 Å². The normalized spacial score (nSPS) is 15.4. The Balaban J connectivity index is 1.97. The first-order chi connectivity index (χ1) is 9.83. The van der Waals surface area contributed by atoms with Gasteiger partial charge in [0.05, 0.1) is 33.1 Å². The van der Waals surface area contributed by atoms with E-state index in [2.05, 4.69) is 21.5 Å². The van der Waals surface area contributed by atoms with Gasteiger partial charge < -0.3 is 19.5 Å². The number of hydrogen-bond acceptors (Lipinski definition) is 7. The van der Waals surface area contributed by atoms with Gasteiger partial charge in [-0.15, -0.1) is 0 Å². The molecule has 0 bridgehead atoms. The van der Waals surface area contributed by atoms with Gasteiger partial charge in [-0.3, -0.25) is 0 Å². The van der Waals surface area contributed by atoms with Crippen LogP contribution in [0.4, 0.5) is 5.82 Å². The maximum Gasteiger partial charge on any atom is 0.237 e. The Labute approximate surface area is 114 Å². The first-order valence-corrected chi connectivity index (χ1v) is 6.12. The molecule has 3 rings (SSSR count). The summed E-state index contributed by atoms with van der Waals surface area (Å²) in [6.07, 6.45) is 1.28. The predicted molar refractivity (Wildman–Crippen MR) is 68.4 cm³/mol. The minimum Gasteiger partial charge on any atom is -0.480 e. The molecule has 0 aliphatic carbocycles. The number of ether oxygens (including phenoxy) is 3. The topological polar surface area (TPSA) is 93.7 Å². The molecule has 0 spiro atoms. The second-order valence-corrected chi connectivity index (χ2v) is 4.11. The zero-order valence-corrected chi connectivity index (χ0v) is 10.9. The molecule has 1 aliphatic heterocycles. The molecular weight excluding hydrogens is 262 g/mol. The van der Waals surface area contributed by atoms with Gasteiger partial charge in [-0.25, -0.2) is 0 Å². The van der Waals surface area contributed by atoms with E-state index in [0.29, 0.717) is 36.8 Å². The lowest BCUT2D eigenvalue weighted by atomic mass is 10.3. The van der Waals surface area contributed by atoms with Crippen LogP contribution in [0.15, 0.2) is 12.3 Å². The van der Waals surface area contributed by atoms with Crippen LogP contribution in [-0.4, -0.2) is 47.8 Å². The van der Waals surface area contributed by atoms with Crippen LogP contribution < -0.4 is 10.1 Å². The lowest BCUT2D eigenvalue weighted by Crippen LogP contribution is -2.22. The molecule has 1 N–H and O–H groups in total. The summed E-state index contributed by atoms with van der Waals surface area (Å²) in [5, 5.41) is 16.6. The molecule has 20 heavy (non-hydrogen) atoms. The highest BCUT2D eigenvalue weighted by Gasteiger charge is 2.20. The molecule has 1 saturated heterocycles. The van der Waals surface area contributed by atoms with Gasteiger partial charge in [0.25, 0.3) is 0 Å². The van der Waals surface area contributed by atoms with Crippen molar-refractivity contribution in [3.05, 3.63) is 17.8 Å². The fourth-order valence-corrected chi connectivity index (χ4v) is 2.04. The molecule has 8 nitrogen and oxygen atoms in total. The first kappa shape index (κ1) is 12.7. The number of fused-ring (bicyclic) bond motifs is 1. The van der Waals surface area contributed by atoms with E-state index in [1.807, 2.05) is 0 Å². The minimum absolute atomic E-state index is 0.260. The second-order valence-electron chi connectivity index (χ2n) is 4.11. The number of methoxy groups -OCH3 is 1. The average molecular weight is 275 g/mol. The Bertz CT molecular complexity index is 657. The Morgan fingerprint density at radius 3 is 3.05 bits per heavy atom. The zero-order chi connectivity index (χ0) is 13.9. The summed E-state index contributed by atoms with van der Waals surface area (Å²) < 4.78 is 17.4. The maximum atomic E-state index is 9.31. The summed E-state index contributed by atoms with van der Waals surface area (Å²) in [5.41, 5.74) is 0.887. The smallest absolute Gasteiger partial charge is 0.237 e. The predicted octanol–water partition coefficient (Wildman–Crippen LogP) is 0.394. The molecule has 0 radical (unpaired) electrons. The highest BCUT2D eigenvalue weighted by Crippen LogP contribution is 2.25. The molecule has 0 amide bonds. The lowest BCUT2D eigenvalue weighted by Gasteiger charge is -2.14. The number of nitrogens with one attached hydrogen (secondary N) is 1. The van der Waals surface area contributed by atoms with Crippen LogP contribution in [0.3, 0.4) is 0 Å². The fraction of sp³-hybridized carbons (Fsp3) is 0.417. The number of nitrogens with zero attached hydrogens (tertiary/aromatic N) is 4. The van der Waals surface area contributed by atoms with Crippen LogP contribution in [0.2, 0.25) is 0 Å². The molecule has 0 aromatic carbocycles. The van der Waals surface area contributed by atoms with Crippen molar-refractivity contribution in [2.75, 3.05) is 32.2 Å². The van der Waals surface area contributed by atoms with Crippen molar-refractivity contribution in [1.29, 1.82) is 5.26 Å². The van der Waals surface area contributed by atoms with Crippen molar-refractivity contribution >= 4 is 11.5 Å². The average Bonchev–Trinajstić information content (AvgIpc) is 3.14. The highest BCUT2D eigenvalue weighted by molar-refractivity contribution is 5.62. The van der Waals surface area contributed by atoms with Gasteiger partial charge in [-0.05, 0) is 0 Å². The molecule has 1 aliphatic rings. The summed E-state index contributed by atoms with van der Waals surface area (Å²) in [6, 6.07) is 3.81. The van der Waals surface area contributed by atoms with E-state index in [-0.39, 0.29) is 12.2 Å². The van der Waals surface area contributed by atoms with Gasteiger partial charge in [-0.2, -0.15) is 19.9 Å². The molecule has 0 unspecified atom stereocenters. The molecule has 3 heterocycles. The summed E-state index contributed by atoms with van der Waals surface area (Å²) in [7, 11) is 1.48. The lowest BCUT2D eigenvalue weighted by molar-refractivity contribution is -0.0300. The zero-order valence-electron chi connectivity index (χ0n) is 10.9. The van der Waals surface area contributed by atoms with Gasteiger partial charge in [-0.1, -0.05) is 0 Å². The third-order valence-electron chi connectivity index (χ3n) is 2.93. The van der Waals surface area contributed by atoms with Crippen LogP contribution >= 0.6 is 0 Å². The van der Waals surface area contributed by atoms with Gasteiger partial charge in [0.2, 0.25) is 5.88 Å². The number of aromatic nitrogens is 3. The second kappa shape index (κ2) is 5.32. The number of hydrogen-bond donors (Lipinski definition) is 1. The first-order valence-electron chi connectivity index (χ1n) is 6.12. The molecule has 8 heteroatoms. The van der Waals surface area contributed by atoms with Gasteiger partial charge in [0, 0.05) is 6.07 Å². The van der Waals surface area contributed by atoms with Crippen LogP contribution in [0.25, 0.3) is 5.65 Å². The number of anilines is 1. The van der Waals surface area contributed by atoms with Crippen molar-refractivity contribution in [1.82, 2.24) is 14.6 Å². The molecule has 0 atom stereocenters. The van der Waals surface area contributed by atoms with Crippen molar-refractivity contribution in [3.8, 4) is 11.9 Å². The third-order valence-corrected chi connectivity index (χ3v) is 2.93. The minimum atomic E-state index is -0.327. The number of nitriles is 1. The standard InChI is InChI=1S/C12H13N5O3/c1-18-12-8(6-13)11(14-7-10-19-4-5-20-10)17-9(16-12)2-3-15-17/h2-3,10,14H,4-5,7H2,1H3. The monoisotopic (exact) mass is 275 g/mol. The van der Waals surface area contributed by atoms with E-state index in [9.17, 15) is 5.26 Å². The largest absolute Gasteiger partial charge is 0.480 e. The van der Waals surface area contributed by atoms with Crippen LogP contribution in [0, 0.1) is 11.3 Å². The Morgan fingerprint density at radius 2 is 2.35 bits per heavy atom. The van der Waals surface area contributed by atoms with E-state index in [4.69, 9.17) is 14.2 Å². The Morgan fingerprint density at radius 1 is 1.55 bits per heavy atom. The fourth-order valence-electron chi connectivity index (χ4n) is 2.04. The SMILES string of the molecule is COc1nc2ccnn2c(NCC2OCCO2)c1C#N. The Kier molecular flexibility index (Phi) is 3.37. The molecule has 2 aromatic heterocycles. The van der Waals surface area contributed by atoms with Gasteiger partial charge in [0.1, 0.15) is 6.07 Å². The summed E-state index contributed by atoms with van der Waals surface area (Å²) in [6.45, 7) is 1.57. The number of rotatable bonds is 4. The third kappa shape index (κ3) is 2.13. The maximum absolute atomic E-state index is 9.31. The molecule has 2 aromatic rings. The molecular formula is C12H13N5O3. The van der Waals surface area contributed by atoms with Crippen LogP contribution in [-0.2, 0) is 9.47 Å². The van der Waals surface area contributed by atoms with Crippen molar-refractivity contribution in [3.63, 3.8) is 0 Å². The van der Waals surface area contributed by atoms with Crippen molar-refractivity contribution < 1.29 is 14.2 Å². The molecule has 1 fully saturated rings. The van der Waals surface area contributed by atoms with E-state index >= 15 is 0 Å². The van der Waals surface area contributed by atoms with E-state index in [1.54, 1.807) is 16.8 Å². The van der Waals surface area contributed by atoms with Crippen molar-refractivity contribution in [2.24, 2.45) is 0 Å². The quantitative estimate of drug-likeness (QED) is 0.862. The Hall–Kier alpha value is -2.37. The summed E-state index contributed by atoms with van der Waals surface area (Å²) >= 11 is 0. The highest BCUT2D eigenvalue weighted by atomic mass is 16.7. The molecule has 104 valence electrons. The van der Waals surface area contributed by atoms with Crippen LogP contribution in [0.1, 0.15) is 5.56 Å². The van der Waals surface area contributed by atoms with E-state index < -0.39 is 0 Å². The van der Waals surface area contributed by atoms with Gasteiger partial charge >= 0.3 is 0 Å². The summed E-state index contributed by atoms with van der Waals surface area (Å²) in [4.78, 5) is 4.22. The van der Waals surface area contributed by atoms with Crippen molar-refractivity contribution in [2.45, 2.75) is 6.29 Å².